The molecule has 1 heterocycles. The van der Waals surface area contributed by atoms with Gasteiger partial charge in [0.15, 0.2) is 0 Å². The molecule has 1 aromatic heterocycles. The van der Waals surface area contributed by atoms with Gasteiger partial charge in [0.2, 0.25) is 0 Å². The fourth-order valence-corrected chi connectivity index (χ4v) is 9.36. The van der Waals surface area contributed by atoms with Crippen molar-refractivity contribution < 1.29 is 0 Å². The standard InChI is InChI=1S/C20H29NS/c1-15(2)22(16(3)4,17(5)6)19-12-13-21-20(14-19)18-10-8-7-9-11-18/h7-17H,1-6H3. The van der Waals surface area contributed by atoms with Crippen molar-refractivity contribution in [2.45, 2.75) is 62.2 Å². The topological polar surface area (TPSA) is 12.9 Å². The van der Waals surface area contributed by atoms with E-state index in [2.05, 4.69) is 89.0 Å². The van der Waals surface area contributed by atoms with Gasteiger partial charge in [0.05, 0.1) is 5.69 Å². The number of rotatable bonds is 5. The number of hydrogen-bond acceptors (Lipinski definition) is 1. The lowest BCUT2D eigenvalue weighted by Gasteiger charge is -2.51. The fraction of sp³-hybridized carbons (Fsp3) is 0.450. The lowest BCUT2D eigenvalue weighted by molar-refractivity contribution is 0.934. The Bertz CT molecular complexity index is 580. The van der Waals surface area contributed by atoms with Gasteiger partial charge in [-0.05, 0) is 32.8 Å². The Hall–Kier alpha value is -1.28. The molecule has 2 aromatic rings. The average Bonchev–Trinajstić information content (AvgIpc) is 2.48. The van der Waals surface area contributed by atoms with Gasteiger partial charge in [-0.25, -0.2) is 10.0 Å². The van der Waals surface area contributed by atoms with Crippen LogP contribution in [0.3, 0.4) is 0 Å². The van der Waals surface area contributed by atoms with Crippen molar-refractivity contribution in [1.82, 2.24) is 4.98 Å². The highest BCUT2D eigenvalue weighted by Gasteiger charge is 2.36. The lowest BCUT2D eigenvalue weighted by Crippen LogP contribution is -2.29. The van der Waals surface area contributed by atoms with Crippen molar-refractivity contribution in [1.29, 1.82) is 0 Å². The van der Waals surface area contributed by atoms with Crippen molar-refractivity contribution in [3.05, 3.63) is 48.7 Å². The van der Waals surface area contributed by atoms with Crippen LogP contribution in [0.2, 0.25) is 0 Å². The van der Waals surface area contributed by atoms with Gasteiger partial charge in [-0.2, -0.15) is 0 Å². The first-order chi connectivity index (χ1) is 10.4. The molecule has 0 unspecified atom stereocenters. The van der Waals surface area contributed by atoms with E-state index in [0.717, 1.165) is 5.69 Å². The summed E-state index contributed by atoms with van der Waals surface area (Å²) in [7, 11) is -0.896. The molecule has 120 valence electrons. The molecule has 0 saturated heterocycles. The number of nitrogens with zero attached hydrogens (tertiary/aromatic N) is 1. The van der Waals surface area contributed by atoms with Gasteiger partial charge in [-0.3, -0.25) is 4.98 Å². The largest absolute Gasteiger partial charge is 0.256 e. The van der Waals surface area contributed by atoms with Crippen molar-refractivity contribution >= 4 is 10.0 Å². The molecule has 1 nitrogen and oxygen atoms in total. The average molecular weight is 316 g/mol. The molecular formula is C20H29NS. The van der Waals surface area contributed by atoms with Gasteiger partial charge >= 0.3 is 0 Å². The Morgan fingerprint density at radius 1 is 0.773 bits per heavy atom. The van der Waals surface area contributed by atoms with Crippen molar-refractivity contribution in [3.63, 3.8) is 0 Å². The third-order valence-electron chi connectivity index (χ3n) is 4.55. The van der Waals surface area contributed by atoms with E-state index in [9.17, 15) is 0 Å². The molecule has 1 aromatic carbocycles. The first-order valence-corrected chi connectivity index (χ1v) is 10.0. The van der Waals surface area contributed by atoms with Crippen molar-refractivity contribution in [2.24, 2.45) is 0 Å². The molecule has 0 saturated carbocycles. The first-order valence-electron chi connectivity index (χ1n) is 8.22. The Labute approximate surface area is 137 Å². The highest BCUT2D eigenvalue weighted by molar-refractivity contribution is 8.35. The summed E-state index contributed by atoms with van der Waals surface area (Å²) >= 11 is 0. The van der Waals surface area contributed by atoms with Crippen LogP contribution in [-0.2, 0) is 0 Å². The molecule has 2 heteroatoms. The van der Waals surface area contributed by atoms with E-state index in [4.69, 9.17) is 0 Å². The second-order valence-electron chi connectivity index (χ2n) is 6.65. The molecule has 2 rings (SSSR count). The first kappa shape index (κ1) is 17.1. The summed E-state index contributed by atoms with van der Waals surface area (Å²) in [6.45, 7) is 14.3. The normalized spacial score (nSPS) is 13.1. The molecule has 0 aliphatic rings. The summed E-state index contributed by atoms with van der Waals surface area (Å²) < 4.78 is 0. The van der Waals surface area contributed by atoms with E-state index in [0.29, 0.717) is 15.7 Å². The summed E-state index contributed by atoms with van der Waals surface area (Å²) in [4.78, 5) is 6.12. The monoisotopic (exact) mass is 315 g/mol. The predicted octanol–water partition coefficient (Wildman–Crippen LogP) is 6.14. The van der Waals surface area contributed by atoms with Crippen LogP contribution in [0.4, 0.5) is 0 Å². The minimum absolute atomic E-state index is 0.665. The summed E-state index contributed by atoms with van der Waals surface area (Å²) in [5, 5.41) is 2.00. The van der Waals surface area contributed by atoms with Gasteiger partial charge in [-0.1, -0.05) is 71.9 Å². The highest BCUT2D eigenvalue weighted by Crippen LogP contribution is 2.66. The maximum absolute atomic E-state index is 4.61. The molecule has 0 spiro atoms. The van der Waals surface area contributed by atoms with E-state index in [1.807, 2.05) is 6.20 Å². The zero-order chi connectivity index (χ0) is 16.3. The Morgan fingerprint density at radius 2 is 1.32 bits per heavy atom. The minimum atomic E-state index is -0.896. The summed E-state index contributed by atoms with van der Waals surface area (Å²) in [6.07, 6.45) is 1.99. The quantitative estimate of drug-likeness (QED) is 0.646. The molecule has 0 bridgehead atoms. The van der Waals surface area contributed by atoms with Crippen LogP contribution in [0.5, 0.6) is 0 Å². The zero-order valence-electron chi connectivity index (χ0n) is 14.7. The van der Waals surface area contributed by atoms with Crippen LogP contribution in [0.1, 0.15) is 41.5 Å². The molecule has 0 N–H and O–H groups in total. The number of hydrogen-bond donors (Lipinski definition) is 0. The van der Waals surface area contributed by atoms with E-state index in [1.54, 1.807) is 0 Å². The summed E-state index contributed by atoms with van der Waals surface area (Å²) in [5.74, 6) is 0. The van der Waals surface area contributed by atoms with Crippen LogP contribution in [-0.4, -0.2) is 20.7 Å². The summed E-state index contributed by atoms with van der Waals surface area (Å²) in [6, 6.07) is 15.1. The maximum atomic E-state index is 4.61. The van der Waals surface area contributed by atoms with Crippen molar-refractivity contribution in [3.8, 4) is 11.3 Å². The number of pyridine rings is 1. The second-order valence-corrected chi connectivity index (χ2v) is 11.5. The SMILES string of the molecule is CC(C)S(c1ccnc(-c2ccccc2)c1)(C(C)C)C(C)C. The molecule has 0 fully saturated rings. The lowest BCUT2D eigenvalue weighted by atomic mass is 10.1. The third-order valence-corrected chi connectivity index (χ3v) is 10.3. The Morgan fingerprint density at radius 3 is 1.82 bits per heavy atom. The van der Waals surface area contributed by atoms with Crippen molar-refractivity contribution in [2.75, 3.05) is 0 Å². The second kappa shape index (κ2) is 6.87. The molecule has 0 amide bonds. The van der Waals surface area contributed by atoms with E-state index >= 15 is 0 Å². The Kier molecular flexibility index (Phi) is 5.33. The zero-order valence-corrected chi connectivity index (χ0v) is 15.5. The molecule has 22 heavy (non-hydrogen) atoms. The van der Waals surface area contributed by atoms with Gasteiger partial charge in [-0.15, -0.1) is 0 Å². The van der Waals surface area contributed by atoms with Crippen LogP contribution >= 0.6 is 10.0 Å². The summed E-state index contributed by atoms with van der Waals surface area (Å²) in [5.41, 5.74) is 2.30. The van der Waals surface area contributed by atoms with Gasteiger partial charge in [0.25, 0.3) is 0 Å². The number of aromatic nitrogens is 1. The minimum Gasteiger partial charge on any atom is -0.256 e. The van der Waals surface area contributed by atoms with E-state index in [1.165, 1.54) is 10.5 Å². The van der Waals surface area contributed by atoms with E-state index < -0.39 is 10.0 Å². The van der Waals surface area contributed by atoms with Crippen LogP contribution in [0, 0.1) is 0 Å². The smallest absolute Gasteiger partial charge is 0.0712 e. The molecule has 0 aliphatic heterocycles. The van der Waals surface area contributed by atoms with Crippen LogP contribution in [0.15, 0.2) is 53.6 Å². The highest BCUT2D eigenvalue weighted by atomic mass is 32.3. The Balaban J connectivity index is 2.59. The number of benzene rings is 1. The van der Waals surface area contributed by atoms with E-state index in [-0.39, 0.29) is 0 Å². The van der Waals surface area contributed by atoms with Gasteiger partial charge in [0, 0.05) is 11.8 Å². The molecular weight excluding hydrogens is 286 g/mol. The van der Waals surface area contributed by atoms with Gasteiger partial charge in [0.1, 0.15) is 0 Å². The van der Waals surface area contributed by atoms with Crippen LogP contribution in [0.25, 0.3) is 11.3 Å². The van der Waals surface area contributed by atoms with Crippen LogP contribution < -0.4 is 0 Å². The third kappa shape index (κ3) is 2.94. The predicted molar refractivity (Wildman–Crippen MR) is 101 cm³/mol. The fourth-order valence-electron chi connectivity index (χ4n) is 3.85. The maximum Gasteiger partial charge on any atom is 0.0712 e. The molecule has 0 radical (unpaired) electrons. The molecule has 0 aliphatic carbocycles. The van der Waals surface area contributed by atoms with Gasteiger partial charge < -0.3 is 0 Å². The molecule has 0 atom stereocenters.